The Morgan fingerprint density at radius 3 is 2.50 bits per heavy atom. The van der Waals surface area contributed by atoms with Crippen LogP contribution >= 0.6 is 0 Å². The second kappa shape index (κ2) is 9.43. The Morgan fingerprint density at radius 1 is 1.14 bits per heavy atom. The summed E-state index contributed by atoms with van der Waals surface area (Å²) in [5.41, 5.74) is 2.13. The summed E-state index contributed by atoms with van der Waals surface area (Å²) in [6, 6.07) is 10.3. The van der Waals surface area contributed by atoms with Crippen LogP contribution in [-0.2, 0) is 4.74 Å². The van der Waals surface area contributed by atoms with Gasteiger partial charge in [0.05, 0.1) is 17.7 Å². The van der Waals surface area contributed by atoms with Gasteiger partial charge in [-0.25, -0.2) is 0 Å². The first-order valence-corrected chi connectivity index (χ1v) is 8.60. The molecule has 2 nitrogen and oxygen atoms in total. The van der Waals surface area contributed by atoms with E-state index in [1.54, 1.807) is 0 Å². The van der Waals surface area contributed by atoms with Crippen LogP contribution in [0.1, 0.15) is 68.9 Å². The maximum atomic E-state index is 8.85. The average Bonchev–Trinajstić information content (AvgIpc) is 2.59. The quantitative estimate of drug-likeness (QED) is 0.502. The normalized spacial score (nSPS) is 21.8. The molecule has 0 amide bonds. The Bertz CT molecular complexity index is 489. The molecule has 0 atom stereocenters. The van der Waals surface area contributed by atoms with Crippen LogP contribution in [0.2, 0.25) is 0 Å². The number of benzene rings is 1. The summed E-state index contributed by atoms with van der Waals surface area (Å²) < 4.78 is 6.01. The van der Waals surface area contributed by atoms with Crippen LogP contribution in [0.15, 0.2) is 36.4 Å². The summed E-state index contributed by atoms with van der Waals surface area (Å²) in [7, 11) is 0. The molecule has 0 aliphatic heterocycles. The molecular formula is C20H27NO. The van der Waals surface area contributed by atoms with E-state index in [1.807, 2.05) is 12.1 Å². The molecule has 1 saturated carbocycles. The van der Waals surface area contributed by atoms with E-state index in [2.05, 4.69) is 37.3 Å². The molecule has 0 spiro atoms. The number of rotatable bonds is 7. The van der Waals surface area contributed by atoms with Gasteiger partial charge < -0.3 is 4.74 Å². The zero-order valence-corrected chi connectivity index (χ0v) is 13.6. The topological polar surface area (TPSA) is 33.0 Å². The minimum Gasteiger partial charge on any atom is -0.378 e. The molecule has 1 aromatic carbocycles. The van der Waals surface area contributed by atoms with Crippen molar-refractivity contribution in [3.05, 3.63) is 47.5 Å². The van der Waals surface area contributed by atoms with Crippen LogP contribution < -0.4 is 0 Å². The summed E-state index contributed by atoms with van der Waals surface area (Å²) in [5, 5.41) is 8.85. The Hall–Kier alpha value is -1.59. The molecule has 1 aliphatic carbocycles. The van der Waals surface area contributed by atoms with Crippen LogP contribution in [0, 0.1) is 11.3 Å². The zero-order valence-electron chi connectivity index (χ0n) is 13.6. The largest absolute Gasteiger partial charge is 0.378 e. The van der Waals surface area contributed by atoms with Gasteiger partial charge in [0.25, 0.3) is 0 Å². The molecule has 22 heavy (non-hydrogen) atoms. The van der Waals surface area contributed by atoms with Crippen LogP contribution in [0.5, 0.6) is 0 Å². The van der Waals surface area contributed by atoms with Crippen LogP contribution in [-0.4, -0.2) is 12.7 Å². The second-order valence-corrected chi connectivity index (χ2v) is 6.10. The van der Waals surface area contributed by atoms with E-state index in [0.717, 1.165) is 44.3 Å². The zero-order chi connectivity index (χ0) is 15.6. The fourth-order valence-electron chi connectivity index (χ4n) is 3.13. The Balaban J connectivity index is 1.67. The van der Waals surface area contributed by atoms with Crippen LogP contribution in [0.25, 0.3) is 0 Å². The van der Waals surface area contributed by atoms with Gasteiger partial charge >= 0.3 is 0 Å². The van der Waals surface area contributed by atoms with Gasteiger partial charge in [-0.2, -0.15) is 5.26 Å². The van der Waals surface area contributed by atoms with Crippen molar-refractivity contribution in [3.63, 3.8) is 0 Å². The Morgan fingerprint density at radius 2 is 1.86 bits per heavy atom. The molecule has 0 radical (unpaired) electrons. The summed E-state index contributed by atoms with van der Waals surface area (Å²) >= 11 is 0. The summed E-state index contributed by atoms with van der Waals surface area (Å²) in [6.45, 7) is 3.06. The van der Waals surface area contributed by atoms with Crippen molar-refractivity contribution in [2.24, 2.45) is 0 Å². The molecule has 118 valence electrons. The molecule has 0 heterocycles. The molecule has 0 aromatic heterocycles. The van der Waals surface area contributed by atoms with E-state index in [1.165, 1.54) is 18.4 Å². The lowest BCUT2D eigenvalue weighted by molar-refractivity contribution is 0.0238. The van der Waals surface area contributed by atoms with Gasteiger partial charge in [-0.3, -0.25) is 0 Å². The molecule has 1 aromatic rings. The molecule has 2 heteroatoms. The van der Waals surface area contributed by atoms with E-state index >= 15 is 0 Å². The number of hydrogen-bond acceptors (Lipinski definition) is 2. The van der Waals surface area contributed by atoms with Gasteiger partial charge in [-0.1, -0.05) is 31.2 Å². The summed E-state index contributed by atoms with van der Waals surface area (Å²) in [6.07, 6.45) is 13.0. The highest BCUT2D eigenvalue weighted by atomic mass is 16.5. The van der Waals surface area contributed by atoms with E-state index in [4.69, 9.17) is 10.00 Å². The number of nitriles is 1. The van der Waals surface area contributed by atoms with Crippen molar-refractivity contribution in [2.45, 2.75) is 63.9 Å². The van der Waals surface area contributed by atoms with Crippen molar-refractivity contribution < 1.29 is 4.74 Å². The first kappa shape index (κ1) is 16.8. The molecule has 1 fully saturated rings. The highest BCUT2D eigenvalue weighted by molar-refractivity contribution is 5.33. The van der Waals surface area contributed by atoms with Gasteiger partial charge in [-0.15, -0.1) is 0 Å². The van der Waals surface area contributed by atoms with Crippen molar-refractivity contribution in [1.82, 2.24) is 0 Å². The highest BCUT2D eigenvalue weighted by Gasteiger charge is 2.22. The Labute approximate surface area is 134 Å². The number of ether oxygens (including phenoxy) is 1. The highest BCUT2D eigenvalue weighted by Crippen LogP contribution is 2.34. The minimum atomic E-state index is 0.449. The molecule has 0 N–H and O–H groups in total. The lowest BCUT2D eigenvalue weighted by Crippen LogP contribution is -2.21. The van der Waals surface area contributed by atoms with E-state index in [-0.39, 0.29) is 0 Å². The fourth-order valence-corrected chi connectivity index (χ4v) is 3.13. The first-order valence-electron chi connectivity index (χ1n) is 8.60. The lowest BCUT2D eigenvalue weighted by atomic mass is 9.82. The predicted molar refractivity (Wildman–Crippen MR) is 90.8 cm³/mol. The molecule has 1 aliphatic rings. The van der Waals surface area contributed by atoms with E-state index < -0.39 is 0 Å². The van der Waals surface area contributed by atoms with Crippen molar-refractivity contribution in [2.75, 3.05) is 6.61 Å². The summed E-state index contributed by atoms with van der Waals surface area (Å²) in [4.78, 5) is 0. The predicted octanol–water partition coefficient (Wildman–Crippen LogP) is 5.35. The maximum Gasteiger partial charge on any atom is 0.0991 e. The van der Waals surface area contributed by atoms with E-state index in [0.29, 0.717) is 12.0 Å². The molecule has 0 saturated heterocycles. The van der Waals surface area contributed by atoms with Gasteiger partial charge in [0.2, 0.25) is 0 Å². The summed E-state index contributed by atoms with van der Waals surface area (Å²) in [5.74, 6) is 0.639. The van der Waals surface area contributed by atoms with E-state index in [9.17, 15) is 0 Å². The number of nitrogens with zero attached hydrogens (tertiary/aromatic N) is 1. The maximum absolute atomic E-state index is 8.85. The molecule has 0 unspecified atom stereocenters. The fraction of sp³-hybridized carbons (Fsp3) is 0.550. The molecular weight excluding hydrogens is 270 g/mol. The first-order chi connectivity index (χ1) is 10.8. The van der Waals surface area contributed by atoms with Crippen LogP contribution in [0.4, 0.5) is 0 Å². The molecule has 0 bridgehead atoms. The van der Waals surface area contributed by atoms with Gasteiger partial charge in [0.15, 0.2) is 0 Å². The number of unbranched alkanes of at least 4 members (excludes halogenated alkanes) is 1. The molecule has 2 rings (SSSR count). The second-order valence-electron chi connectivity index (χ2n) is 6.10. The van der Waals surface area contributed by atoms with Gasteiger partial charge in [-0.05, 0) is 68.6 Å². The van der Waals surface area contributed by atoms with Gasteiger partial charge in [0.1, 0.15) is 0 Å². The standard InChI is InChI=1S/C20H27NO/c1-2-3-4-5-6-15-22-20-13-11-19(12-14-20)18-9-7-17(16-21)8-10-18/h3-4,7-10,19-20H,2,5-6,11-15H2,1H3. The van der Waals surface area contributed by atoms with Crippen molar-refractivity contribution in [3.8, 4) is 6.07 Å². The third-order valence-electron chi connectivity index (χ3n) is 4.46. The third kappa shape index (κ3) is 5.31. The smallest absolute Gasteiger partial charge is 0.0991 e. The monoisotopic (exact) mass is 297 g/mol. The average molecular weight is 297 g/mol. The van der Waals surface area contributed by atoms with Crippen LogP contribution in [0.3, 0.4) is 0 Å². The number of hydrogen-bond donors (Lipinski definition) is 0. The Kier molecular flexibility index (Phi) is 7.19. The SMILES string of the molecule is CCC=CCCCOC1CCC(c2ccc(C#N)cc2)CC1. The van der Waals surface area contributed by atoms with Crippen molar-refractivity contribution in [1.29, 1.82) is 5.26 Å². The third-order valence-corrected chi connectivity index (χ3v) is 4.46. The number of allylic oxidation sites excluding steroid dienone is 2. The lowest BCUT2D eigenvalue weighted by Gasteiger charge is -2.29. The van der Waals surface area contributed by atoms with Crippen molar-refractivity contribution >= 4 is 0 Å². The minimum absolute atomic E-state index is 0.449. The van der Waals surface area contributed by atoms with Gasteiger partial charge in [0, 0.05) is 6.61 Å².